The lowest BCUT2D eigenvalue weighted by molar-refractivity contribution is -0.143. The van der Waals surface area contributed by atoms with E-state index in [0.29, 0.717) is 19.0 Å². The van der Waals surface area contributed by atoms with Crippen molar-refractivity contribution >= 4 is 24.6 Å². The van der Waals surface area contributed by atoms with Crippen LogP contribution in [-0.2, 0) is 25.5 Å². The molecule has 1 aromatic carbocycles. The van der Waals surface area contributed by atoms with E-state index in [0.717, 1.165) is 5.56 Å². The number of ether oxygens (including phenoxy) is 1. The molecule has 0 radical (unpaired) electrons. The Kier molecular flexibility index (Phi) is 7.63. The molecule has 31 heavy (non-hydrogen) atoms. The number of carbonyl (C=O) groups is 4. The molecule has 2 rings (SSSR count). The van der Waals surface area contributed by atoms with Crippen LogP contribution in [0.5, 0.6) is 0 Å². The fourth-order valence-electron chi connectivity index (χ4n) is 4.52. The number of carboxylic acids is 1. The topological polar surface area (TPSA) is 110 Å². The maximum Gasteiger partial charge on any atom is 0.407 e. The molecular weight excluding hydrogens is 398 g/mol. The summed E-state index contributed by atoms with van der Waals surface area (Å²) in [6.07, 6.45) is 1.15. The van der Waals surface area contributed by atoms with Gasteiger partial charge in [-0.15, -0.1) is 0 Å². The van der Waals surface area contributed by atoms with Crippen LogP contribution in [0.25, 0.3) is 0 Å². The van der Waals surface area contributed by atoms with Crippen LogP contribution >= 0.6 is 0 Å². The van der Waals surface area contributed by atoms with Crippen LogP contribution in [0.1, 0.15) is 46.6 Å². The van der Waals surface area contributed by atoms with Gasteiger partial charge < -0.3 is 24.7 Å². The number of benzene rings is 1. The number of nitrogens with one attached hydrogen (secondary N) is 1. The van der Waals surface area contributed by atoms with Gasteiger partial charge in [-0.25, -0.2) is 4.79 Å². The lowest BCUT2D eigenvalue weighted by Crippen LogP contribution is -2.42. The summed E-state index contributed by atoms with van der Waals surface area (Å²) in [6, 6.07) is 8.55. The predicted octanol–water partition coefficient (Wildman–Crippen LogP) is 3.50. The first kappa shape index (κ1) is 24.6. The van der Waals surface area contributed by atoms with Crippen LogP contribution in [0.15, 0.2) is 30.3 Å². The second kappa shape index (κ2) is 9.62. The van der Waals surface area contributed by atoms with Crippen molar-refractivity contribution in [3.8, 4) is 0 Å². The van der Waals surface area contributed by atoms with Gasteiger partial charge in [-0.05, 0) is 51.0 Å². The molecule has 2 N–H and O–H groups in total. The van der Waals surface area contributed by atoms with Crippen molar-refractivity contribution in [3.63, 3.8) is 0 Å². The zero-order valence-electron chi connectivity index (χ0n) is 18.8. The maximum absolute atomic E-state index is 12.4. The molecule has 1 aliphatic rings. The summed E-state index contributed by atoms with van der Waals surface area (Å²) in [5.74, 6) is -3.17. The van der Waals surface area contributed by atoms with E-state index in [1.807, 2.05) is 44.2 Å². The number of aldehydes is 2. The van der Waals surface area contributed by atoms with Gasteiger partial charge in [0.15, 0.2) is 0 Å². The van der Waals surface area contributed by atoms with Crippen LogP contribution < -0.4 is 5.32 Å². The summed E-state index contributed by atoms with van der Waals surface area (Å²) in [6.45, 7) is 9.15. The molecule has 0 heterocycles. The quantitative estimate of drug-likeness (QED) is 0.433. The third-order valence-corrected chi connectivity index (χ3v) is 5.75. The van der Waals surface area contributed by atoms with E-state index in [4.69, 9.17) is 4.74 Å². The highest BCUT2D eigenvalue weighted by Crippen LogP contribution is 2.62. The number of hydrogen-bond donors (Lipinski definition) is 2. The highest BCUT2D eigenvalue weighted by Gasteiger charge is 2.71. The summed E-state index contributed by atoms with van der Waals surface area (Å²) in [7, 11) is 0. The number of hydrogen-bond acceptors (Lipinski definition) is 5. The van der Waals surface area contributed by atoms with E-state index in [-0.39, 0.29) is 12.3 Å². The highest BCUT2D eigenvalue weighted by molar-refractivity contribution is 5.92. The molecule has 4 atom stereocenters. The molecule has 1 aliphatic carbocycles. The molecule has 4 unspecified atom stereocenters. The van der Waals surface area contributed by atoms with Gasteiger partial charge in [-0.1, -0.05) is 44.2 Å². The predicted molar refractivity (Wildman–Crippen MR) is 115 cm³/mol. The van der Waals surface area contributed by atoms with Crippen LogP contribution in [0, 0.1) is 29.1 Å². The molecule has 1 fully saturated rings. The Morgan fingerprint density at radius 1 is 1.13 bits per heavy atom. The van der Waals surface area contributed by atoms with Gasteiger partial charge in [-0.2, -0.15) is 0 Å². The zero-order valence-corrected chi connectivity index (χ0v) is 18.8. The van der Waals surface area contributed by atoms with Gasteiger partial charge in [0.25, 0.3) is 0 Å². The Bertz CT molecular complexity index is 790. The monoisotopic (exact) mass is 431 g/mol. The normalized spacial score (nSPS) is 21.6. The zero-order chi connectivity index (χ0) is 23.4. The first-order valence-corrected chi connectivity index (χ1v) is 10.6. The Labute approximate surface area is 183 Å². The molecule has 1 aromatic rings. The summed E-state index contributed by atoms with van der Waals surface area (Å²) >= 11 is 0. The van der Waals surface area contributed by atoms with E-state index in [1.165, 1.54) is 0 Å². The van der Waals surface area contributed by atoms with Crippen molar-refractivity contribution in [1.82, 2.24) is 5.32 Å². The average Bonchev–Trinajstić information content (AvgIpc) is 3.33. The Balaban J connectivity index is 2.35. The van der Waals surface area contributed by atoms with Crippen molar-refractivity contribution in [2.75, 3.05) is 0 Å². The molecule has 170 valence electrons. The van der Waals surface area contributed by atoms with E-state index in [2.05, 4.69) is 5.32 Å². The van der Waals surface area contributed by atoms with Crippen LogP contribution in [0.2, 0.25) is 0 Å². The summed E-state index contributed by atoms with van der Waals surface area (Å²) < 4.78 is 5.36. The molecule has 1 amide bonds. The van der Waals surface area contributed by atoms with E-state index < -0.39 is 46.9 Å². The summed E-state index contributed by atoms with van der Waals surface area (Å²) in [5, 5.41) is 12.7. The first-order valence-electron chi connectivity index (χ1n) is 10.6. The second-order valence-corrected chi connectivity index (χ2v) is 9.80. The van der Waals surface area contributed by atoms with Crippen molar-refractivity contribution in [2.45, 2.75) is 59.1 Å². The van der Waals surface area contributed by atoms with Crippen LogP contribution in [0.3, 0.4) is 0 Å². The highest BCUT2D eigenvalue weighted by atomic mass is 16.6. The molecule has 1 saturated carbocycles. The number of alkyl carbamates (subject to hydrolysis) is 1. The largest absolute Gasteiger partial charge is 0.481 e. The molecule has 0 spiro atoms. The first-order chi connectivity index (χ1) is 14.4. The number of amides is 1. The Hall–Kier alpha value is -2.70. The Morgan fingerprint density at radius 2 is 1.71 bits per heavy atom. The number of aliphatic carboxylic acids is 1. The maximum atomic E-state index is 12.4. The third kappa shape index (κ3) is 5.93. The molecule has 7 nitrogen and oxygen atoms in total. The molecule has 0 aromatic heterocycles. The fraction of sp³-hybridized carbons (Fsp3) is 0.583. The lowest BCUT2D eigenvalue weighted by atomic mass is 9.90. The van der Waals surface area contributed by atoms with Crippen molar-refractivity contribution in [2.24, 2.45) is 29.1 Å². The number of carboxylic acid groups (broad SMARTS) is 1. The van der Waals surface area contributed by atoms with Gasteiger partial charge >= 0.3 is 12.1 Å². The van der Waals surface area contributed by atoms with E-state index >= 15 is 0 Å². The number of carbonyl (C=O) groups excluding carboxylic acids is 3. The molecular formula is C24H33NO6. The minimum atomic E-state index is -1.44. The summed E-state index contributed by atoms with van der Waals surface area (Å²) in [5.41, 5.74) is -1.34. The van der Waals surface area contributed by atoms with Crippen molar-refractivity contribution in [3.05, 3.63) is 35.9 Å². The molecule has 0 saturated heterocycles. The minimum Gasteiger partial charge on any atom is -0.481 e. The van der Waals surface area contributed by atoms with Crippen molar-refractivity contribution in [1.29, 1.82) is 0 Å². The van der Waals surface area contributed by atoms with Gasteiger partial charge in [0.2, 0.25) is 0 Å². The molecule has 7 heteroatoms. The molecule has 0 aliphatic heterocycles. The standard InChI is InChI=1S/C24H33NO6/c1-15(2)11-18(25-22(30)31-23(3,4)5)20-19(24(20,13-26)14-27)17(21(28)29)12-16-9-7-6-8-10-16/h6-10,13-15,17-20H,11-12H2,1-5H3,(H,25,30)(H,28,29). The fourth-order valence-corrected chi connectivity index (χ4v) is 4.52. The SMILES string of the molecule is CC(C)CC(NC(=O)OC(C)(C)C)C1C(C(Cc2ccccc2)C(=O)O)C1(C=O)C=O. The Morgan fingerprint density at radius 3 is 2.16 bits per heavy atom. The number of rotatable bonds is 10. The van der Waals surface area contributed by atoms with Gasteiger partial charge in [0.1, 0.15) is 18.2 Å². The van der Waals surface area contributed by atoms with Crippen molar-refractivity contribution < 1.29 is 29.0 Å². The smallest absolute Gasteiger partial charge is 0.407 e. The van der Waals surface area contributed by atoms with Gasteiger partial charge in [0.05, 0.1) is 11.3 Å². The average molecular weight is 432 g/mol. The van der Waals surface area contributed by atoms with Crippen LogP contribution in [-0.4, -0.2) is 41.4 Å². The minimum absolute atomic E-state index is 0.148. The van der Waals surface area contributed by atoms with Crippen LogP contribution in [0.4, 0.5) is 4.79 Å². The molecule has 0 bridgehead atoms. The summed E-state index contributed by atoms with van der Waals surface area (Å²) in [4.78, 5) is 48.7. The van der Waals surface area contributed by atoms with Gasteiger partial charge in [-0.3, -0.25) is 4.79 Å². The van der Waals surface area contributed by atoms with E-state index in [9.17, 15) is 24.3 Å². The van der Waals surface area contributed by atoms with E-state index in [1.54, 1.807) is 20.8 Å². The van der Waals surface area contributed by atoms with Gasteiger partial charge in [0, 0.05) is 12.0 Å². The lowest BCUT2D eigenvalue weighted by Gasteiger charge is -2.25. The third-order valence-electron chi connectivity index (χ3n) is 5.75. The second-order valence-electron chi connectivity index (χ2n) is 9.80.